The maximum absolute atomic E-state index is 12.1. The first-order valence-electron chi connectivity index (χ1n) is 6.27. The van der Waals surface area contributed by atoms with E-state index in [4.69, 9.17) is 11.6 Å². The van der Waals surface area contributed by atoms with Gasteiger partial charge in [0.05, 0.1) is 17.5 Å². The number of sulfonamides is 1. The summed E-state index contributed by atoms with van der Waals surface area (Å²) >= 11 is 5.74. The van der Waals surface area contributed by atoms with Gasteiger partial charge in [-0.2, -0.15) is 5.10 Å². The van der Waals surface area contributed by atoms with Gasteiger partial charge in [0.15, 0.2) is 0 Å². The number of hydrogen-bond donors (Lipinski definition) is 0. The standard InChI is InChI=1S/C11H17ClN4O3S/c1-20(18,19)16-4-2-3-14(5-6-16)11(17)9-15-8-10(12)7-13-15/h7-8H,2-6,9H2,1H3. The van der Waals surface area contributed by atoms with Gasteiger partial charge in [-0.25, -0.2) is 12.7 Å². The lowest BCUT2D eigenvalue weighted by Gasteiger charge is -2.21. The molecule has 1 fully saturated rings. The molecule has 0 unspecified atom stereocenters. The van der Waals surface area contributed by atoms with E-state index < -0.39 is 10.0 Å². The van der Waals surface area contributed by atoms with Crippen molar-refractivity contribution in [2.45, 2.75) is 13.0 Å². The van der Waals surface area contributed by atoms with Gasteiger partial charge in [-0.15, -0.1) is 0 Å². The number of aromatic nitrogens is 2. The van der Waals surface area contributed by atoms with E-state index >= 15 is 0 Å². The predicted molar refractivity (Wildman–Crippen MR) is 74.9 cm³/mol. The first-order chi connectivity index (χ1) is 9.36. The maximum Gasteiger partial charge on any atom is 0.244 e. The predicted octanol–water partition coefficient (Wildman–Crippen LogP) is 0.0304. The third-order valence-electron chi connectivity index (χ3n) is 3.18. The second kappa shape index (κ2) is 6.11. The molecule has 0 atom stereocenters. The molecule has 2 rings (SSSR count). The summed E-state index contributed by atoms with van der Waals surface area (Å²) in [4.78, 5) is 13.8. The van der Waals surface area contributed by atoms with Gasteiger partial charge in [-0.1, -0.05) is 11.6 Å². The molecule has 112 valence electrons. The van der Waals surface area contributed by atoms with Crippen molar-refractivity contribution in [2.75, 3.05) is 32.4 Å². The normalized spacial score (nSPS) is 18.0. The number of hydrogen-bond acceptors (Lipinski definition) is 4. The van der Waals surface area contributed by atoms with Crippen molar-refractivity contribution in [2.24, 2.45) is 0 Å². The van der Waals surface area contributed by atoms with Gasteiger partial charge < -0.3 is 4.90 Å². The molecule has 0 radical (unpaired) electrons. The third-order valence-corrected chi connectivity index (χ3v) is 4.67. The summed E-state index contributed by atoms with van der Waals surface area (Å²) in [6, 6.07) is 0. The van der Waals surface area contributed by atoms with Gasteiger partial charge in [0, 0.05) is 32.4 Å². The Morgan fingerprint density at radius 1 is 1.35 bits per heavy atom. The van der Waals surface area contributed by atoms with E-state index in [1.54, 1.807) is 11.1 Å². The molecule has 1 amide bonds. The van der Waals surface area contributed by atoms with Crippen molar-refractivity contribution in [3.63, 3.8) is 0 Å². The highest BCUT2D eigenvalue weighted by Gasteiger charge is 2.23. The van der Waals surface area contributed by atoms with Crippen LogP contribution in [0.25, 0.3) is 0 Å². The topological polar surface area (TPSA) is 75.5 Å². The lowest BCUT2D eigenvalue weighted by molar-refractivity contribution is -0.131. The summed E-state index contributed by atoms with van der Waals surface area (Å²) in [5, 5.41) is 4.44. The van der Waals surface area contributed by atoms with E-state index in [0.717, 1.165) is 0 Å². The van der Waals surface area contributed by atoms with E-state index in [-0.39, 0.29) is 12.5 Å². The Balaban J connectivity index is 1.95. The average Bonchev–Trinajstić information content (AvgIpc) is 2.64. The van der Waals surface area contributed by atoms with Crippen LogP contribution in [0.3, 0.4) is 0 Å². The number of carbonyl (C=O) groups is 1. The lowest BCUT2D eigenvalue weighted by atomic mass is 10.4. The Labute approximate surface area is 123 Å². The van der Waals surface area contributed by atoms with Crippen molar-refractivity contribution >= 4 is 27.5 Å². The number of nitrogens with zero attached hydrogens (tertiary/aromatic N) is 4. The quantitative estimate of drug-likeness (QED) is 0.787. The summed E-state index contributed by atoms with van der Waals surface area (Å²) in [6.45, 7) is 1.87. The van der Waals surface area contributed by atoms with Crippen LogP contribution >= 0.6 is 11.6 Å². The summed E-state index contributed by atoms with van der Waals surface area (Å²) < 4.78 is 25.9. The van der Waals surface area contributed by atoms with Gasteiger partial charge in [-0.3, -0.25) is 9.48 Å². The molecule has 1 saturated heterocycles. The zero-order valence-corrected chi connectivity index (χ0v) is 12.8. The van der Waals surface area contributed by atoms with E-state index in [9.17, 15) is 13.2 Å². The fourth-order valence-electron chi connectivity index (χ4n) is 2.14. The molecular weight excluding hydrogens is 304 g/mol. The van der Waals surface area contributed by atoms with Gasteiger partial charge in [0.2, 0.25) is 15.9 Å². The van der Waals surface area contributed by atoms with Gasteiger partial charge in [0.25, 0.3) is 0 Å². The highest BCUT2D eigenvalue weighted by atomic mass is 35.5. The third kappa shape index (κ3) is 3.94. The molecule has 1 aromatic heterocycles. The van der Waals surface area contributed by atoms with Crippen LogP contribution in [0.1, 0.15) is 6.42 Å². The van der Waals surface area contributed by atoms with Gasteiger partial charge in [-0.05, 0) is 6.42 Å². The SMILES string of the molecule is CS(=O)(=O)N1CCCN(C(=O)Cn2cc(Cl)cn2)CC1. The van der Waals surface area contributed by atoms with E-state index in [0.29, 0.717) is 37.6 Å². The molecule has 0 aliphatic carbocycles. The molecule has 2 heterocycles. The van der Waals surface area contributed by atoms with E-state index in [1.807, 2.05) is 0 Å². The van der Waals surface area contributed by atoms with Crippen molar-refractivity contribution in [3.8, 4) is 0 Å². The van der Waals surface area contributed by atoms with Crippen LogP contribution in [0.15, 0.2) is 12.4 Å². The van der Waals surface area contributed by atoms with Crippen LogP contribution in [-0.2, 0) is 21.4 Å². The molecule has 0 saturated carbocycles. The summed E-state index contributed by atoms with van der Waals surface area (Å²) in [6.07, 6.45) is 4.89. The number of carbonyl (C=O) groups excluding carboxylic acids is 1. The molecule has 9 heteroatoms. The van der Waals surface area contributed by atoms with E-state index in [2.05, 4.69) is 5.10 Å². The second-order valence-electron chi connectivity index (χ2n) is 4.75. The van der Waals surface area contributed by atoms with Crippen LogP contribution in [-0.4, -0.2) is 65.7 Å². The monoisotopic (exact) mass is 320 g/mol. The highest BCUT2D eigenvalue weighted by molar-refractivity contribution is 7.88. The van der Waals surface area contributed by atoms with Crippen LogP contribution < -0.4 is 0 Å². The zero-order valence-electron chi connectivity index (χ0n) is 11.2. The largest absolute Gasteiger partial charge is 0.340 e. The second-order valence-corrected chi connectivity index (χ2v) is 7.17. The highest BCUT2D eigenvalue weighted by Crippen LogP contribution is 2.09. The molecule has 1 aliphatic rings. The van der Waals surface area contributed by atoms with Crippen molar-refractivity contribution in [1.29, 1.82) is 0 Å². The van der Waals surface area contributed by atoms with Gasteiger partial charge in [0.1, 0.15) is 6.54 Å². The summed E-state index contributed by atoms with van der Waals surface area (Å²) in [5.41, 5.74) is 0. The first kappa shape index (κ1) is 15.3. The molecule has 0 N–H and O–H groups in total. The Morgan fingerprint density at radius 3 is 2.70 bits per heavy atom. The minimum absolute atomic E-state index is 0.0832. The fourth-order valence-corrected chi connectivity index (χ4v) is 3.17. The molecular formula is C11H17ClN4O3S. The van der Waals surface area contributed by atoms with Crippen molar-refractivity contribution in [1.82, 2.24) is 19.0 Å². The Bertz CT molecular complexity index is 586. The Hall–Kier alpha value is -1.12. The molecule has 0 spiro atoms. The van der Waals surface area contributed by atoms with Crippen LogP contribution in [0.2, 0.25) is 5.02 Å². The molecule has 1 aromatic rings. The molecule has 0 aromatic carbocycles. The summed E-state index contributed by atoms with van der Waals surface area (Å²) in [5.74, 6) is -0.0832. The molecule has 7 nitrogen and oxygen atoms in total. The van der Waals surface area contributed by atoms with E-state index in [1.165, 1.54) is 21.4 Å². The van der Waals surface area contributed by atoms with Crippen LogP contribution in [0.4, 0.5) is 0 Å². The average molecular weight is 321 g/mol. The van der Waals surface area contributed by atoms with Crippen LogP contribution in [0, 0.1) is 0 Å². The fraction of sp³-hybridized carbons (Fsp3) is 0.636. The smallest absolute Gasteiger partial charge is 0.244 e. The van der Waals surface area contributed by atoms with Gasteiger partial charge >= 0.3 is 0 Å². The summed E-state index contributed by atoms with van der Waals surface area (Å²) in [7, 11) is -3.19. The maximum atomic E-state index is 12.1. The zero-order chi connectivity index (χ0) is 14.8. The van der Waals surface area contributed by atoms with Crippen molar-refractivity contribution in [3.05, 3.63) is 17.4 Å². The number of halogens is 1. The Kier molecular flexibility index (Phi) is 4.66. The minimum Gasteiger partial charge on any atom is -0.340 e. The lowest BCUT2D eigenvalue weighted by Crippen LogP contribution is -2.38. The number of rotatable bonds is 3. The Morgan fingerprint density at radius 2 is 2.10 bits per heavy atom. The van der Waals surface area contributed by atoms with Crippen molar-refractivity contribution < 1.29 is 13.2 Å². The number of amides is 1. The molecule has 1 aliphatic heterocycles. The first-order valence-corrected chi connectivity index (χ1v) is 8.50. The molecule has 0 bridgehead atoms. The molecule has 20 heavy (non-hydrogen) atoms. The minimum atomic E-state index is -3.19. The van der Waals surface area contributed by atoms with Crippen LogP contribution in [0.5, 0.6) is 0 Å².